The van der Waals surface area contributed by atoms with Crippen molar-refractivity contribution in [3.05, 3.63) is 29.8 Å². The number of unbranched alkanes of at least 4 members (excludes halogenated alkanes) is 1. The Hall–Kier alpha value is -1.65. The monoisotopic (exact) mass is 440 g/mol. The Morgan fingerprint density at radius 3 is 1.97 bits per heavy atom. The molecule has 1 aromatic rings. The molecule has 1 unspecified atom stereocenters. The quantitative estimate of drug-likeness (QED) is 0.302. The number of benzene rings is 1. The molecule has 1 aromatic carbocycles. The van der Waals surface area contributed by atoms with Crippen LogP contribution in [0.1, 0.15) is 38.7 Å². The van der Waals surface area contributed by atoms with E-state index in [9.17, 15) is 39.5 Å². The molecular formula is C18H21F9O2. The molecule has 0 aliphatic carbocycles. The topological polar surface area (TPSA) is 18.5 Å². The largest absolute Gasteiger partial charge is 0.494 e. The lowest BCUT2D eigenvalue weighted by Gasteiger charge is -2.38. The number of halogens is 9. The van der Waals surface area contributed by atoms with Crippen LogP contribution in [-0.2, 0) is 10.3 Å². The third-order valence-corrected chi connectivity index (χ3v) is 4.43. The maximum absolute atomic E-state index is 14.1. The van der Waals surface area contributed by atoms with E-state index in [2.05, 4.69) is 0 Å². The third kappa shape index (κ3) is 5.10. The van der Waals surface area contributed by atoms with E-state index < -0.39 is 36.0 Å². The van der Waals surface area contributed by atoms with Gasteiger partial charge in [-0.05, 0) is 31.0 Å². The summed E-state index contributed by atoms with van der Waals surface area (Å²) in [5.74, 6) is -19.2. The molecule has 0 aromatic heterocycles. The summed E-state index contributed by atoms with van der Waals surface area (Å²) in [7, 11) is 0.848. The summed E-state index contributed by atoms with van der Waals surface area (Å²) >= 11 is 0. The van der Waals surface area contributed by atoms with Gasteiger partial charge in [0.05, 0.1) is 18.6 Å². The van der Waals surface area contributed by atoms with Crippen molar-refractivity contribution in [1.82, 2.24) is 0 Å². The van der Waals surface area contributed by atoms with Gasteiger partial charge in [-0.15, -0.1) is 0 Å². The van der Waals surface area contributed by atoms with Crippen LogP contribution in [0.3, 0.4) is 0 Å². The second kappa shape index (κ2) is 8.61. The summed E-state index contributed by atoms with van der Waals surface area (Å²) in [6, 6.07) is 5.13. The molecule has 0 amide bonds. The maximum atomic E-state index is 14.1. The highest BCUT2D eigenvalue weighted by molar-refractivity contribution is 5.32. The van der Waals surface area contributed by atoms with Crippen LogP contribution in [0.4, 0.5) is 39.5 Å². The minimum absolute atomic E-state index is 0.153. The Labute approximate surface area is 162 Å². The molecule has 11 heteroatoms. The van der Waals surface area contributed by atoms with Gasteiger partial charge in [0.15, 0.2) is 0 Å². The lowest BCUT2D eigenvalue weighted by atomic mass is 9.85. The van der Waals surface area contributed by atoms with Gasteiger partial charge in [0.1, 0.15) is 5.75 Å². The van der Waals surface area contributed by atoms with Crippen molar-refractivity contribution in [3.63, 3.8) is 0 Å². The average molecular weight is 440 g/mol. The van der Waals surface area contributed by atoms with Crippen molar-refractivity contribution in [2.45, 2.75) is 62.7 Å². The zero-order chi connectivity index (χ0) is 22.7. The first-order valence-corrected chi connectivity index (χ1v) is 8.54. The molecule has 1 rings (SSSR count). The van der Waals surface area contributed by atoms with E-state index in [4.69, 9.17) is 9.47 Å². The maximum Gasteiger partial charge on any atom is 0.460 e. The zero-order valence-electron chi connectivity index (χ0n) is 15.9. The van der Waals surface area contributed by atoms with Crippen LogP contribution in [0.15, 0.2) is 24.3 Å². The SMILES string of the molecule is CCCCOc1cccc(C(C)(CC(F)(F)C(F)(F)C(F)(F)C(F)(F)F)OC)c1. The minimum Gasteiger partial charge on any atom is -0.494 e. The molecule has 0 aliphatic rings. The number of alkyl halides is 9. The van der Waals surface area contributed by atoms with Crippen LogP contribution in [0.5, 0.6) is 5.75 Å². The highest BCUT2D eigenvalue weighted by Crippen LogP contribution is 2.56. The Kier molecular flexibility index (Phi) is 7.54. The van der Waals surface area contributed by atoms with Gasteiger partial charge in [-0.1, -0.05) is 25.5 Å². The Bertz CT molecular complexity index is 674. The molecule has 0 heterocycles. The molecule has 0 saturated heterocycles. The number of ether oxygens (including phenoxy) is 2. The van der Waals surface area contributed by atoms with E-state index in [-0.39, 0.29) is 17.9 Å². The van der Waals surface area contributed by atoms with Crippen LogP contribution in [-0.4, -0.2) is 37.7 Å². The summed E-state index contributed by atoms with van der Waals surface area (Å²) in [6.45, 7) is 3.05. The highest BCUT2D eigenvalue weighted by atomic mass is 19.4. The number of hydrogen-bond acceptors (Lipinski definition) is 2. The smallest absolute Gasteiger partial charge is 0.460 e. The van der Waals surface area contributed by atoms with Gasteiger partial charge in [-0.3, -0.25) is 0 Å². The van der Waals surface area contributed by atoms with E-state index in [1.807, 2.05) is 6.92 Å². The van der Waals surface area contributed by atoms with Crippen LogP contribution in [0.25, 0.3) is 0 Å². The van der Waals surface area contributed by atoms with Crippen LogP contribution >= 0.6 is 0 Å². The van der Waals surface area contributed by atoms with E-state index in [1.165, 1.54) is 24.3 Å². The first kappa shape index (κ1) is 25.4. The standard InChI is InChI=1S/C18H21F9O2/c1-4-5-9-29-13-8-6-7-12(10-13)14(2,28-3)11-15(19,20)16(21,22)17(23,24)18(25,26)27/h6-8,10H,4-5,9,11H2,1-3H3. The summed E-state index contributed by atoms with van der Waals surface area (Å²) in [6.07, 6.45) is -7.53. The molecule has 29 heavy (non-hydrogen) atoms. The Morgan fingerprint density at radius 1 is 0.897 bits per heavy atom. The van der Waals surface area contributed by atoms with E-state index in [1.54, 1.807) is 0 Å². The van der Waals surface area contributed by atoms with E-state index in [0.717, 1.165) is 20.5 Å². The van der Waals surface area contributed by atoms with Crippen LogP contribution in [0.2, 0.25) is 0 Å². The molecule has 0 saturated carbocycles. The first-order chi connectivity index (χ1) is 13.1. The molecule has 0 aliphatic heterocycles. The second-order valence-corrected chi connectivity index (χ2v) is 6.69. The summed E-state index contributed by atoms with van der Waals surface area (Å²) in [4.78, 5) is 0. The molecule has 1 atom stereocenters. The lowest BCUT2D eigenvalue weighted by Crippen LogP contribution is -2.62. The van der Waals surface area contributed by atoms with E-state index in [0.29, 0.717) is 6.42 Å². The normalized spacial score (nSPS) is 15.9. The fourth-order valence-corrected chi connectivity index (χ4v) is 2.48. The van der Waals surface area contributed by atoms with Gasteiger partial charge in [0.2, 0.25) is 0 Å². The Balaban J connectivity index is 3.24. The highest BCUT2D eigenvalue weighted by Gasteiger charge is 2.82. The van der Waals surface area contributed by atoms with Gasteiger partial charge in [0, 0.05) is 7.11 Å². The lowest BCUT2D eigenvalue weighted by molar-refractivity contribution is -0.400. The van der Waals surface area contributed by atoms with Crippen molar-refractivity contribution in [3.8, 4) is 5.75 Å². The molecular weight excluding hydrogens is 419 g/mol. The van der Waals surface area contributed by atoms with Crippen LogP contribution < -0.4 is 4.74 Å². The second-order valence-electron chi connectivity index (χ2n) is 6.69. The summed E-state index contributed by atoms with van der Waals surface area (Å²) in [5, 5.41) is 0. The van der Waals surface area contributed by atoms with Gasteiger partial charge >= 0.3 is 23.9 Å². The predicted molar refractivity (Wildman–Crippen MR) is 86.7 cm³/mol. The predicted octanol–water partition coefficient (Wildman–Crippen LogP) is 6.59. The van der Waals surface area contributed by atoms with Gasteiger partial charge in [-0.2, -0.15) is 39.5 Å². The number of hydrogen-bond donors (Lipinski definition) is 0. The summed E-state index contributed by atoms with van der Waals surface area (Å²) < 4.78 is 129. The molecule has 0 bridgehead atoms. The van der Waals surface area contributed by atoms with Gasteiger partial charge < -0.3 is 9.47 Å². The molecule has 2 nitrogen and oxygen atoms in total. The molecule has 0 N–H and O–H groups in total. The minimum atomic E-state index is -6.94. The van der Waals surface area contributed by atoms with Crippen molar-refractivity contribution in [2.75, 3.05) is 13.7 Å². The van der Waals surface area contributed by atoms with Crippen molar-refractivity contribution in [2.24, 2.45) is 0 Å². The zero-order valence-corrected chi connectivity index (χ0v) is 15.9. The third-order valence-electron chi connectivity index (χ3n) is 4.43. The van der Waals surface area contributed by atoms with Crippen molar-refractivity contribution >= 4 is 0 Å². The number of rotatable bonds is 10. The number of methoxy groups -OCH3 is 1. The van der Waals surface area contributed by atoms with E-state index >= 15 is 0 Å². The van der Waals surface area contributed by atoms with Crippen molar-refractivity contribution < 1.29 is 49.0 Å². The van der Waals surface area contributed by atoms with Crippen LogP contribution in [0, 0.1) is 0 Å². The first-order valence-electron chi connectivity index (χ1n) is 8.54. The molecule has 0 spiro atoms. The summed E-state index contributed by atoms with van der Waals surface area (Å²) in [5.41, 5.74) is -2.46. The average Bonchev–Trinajstić information content (AvgIpc) is 2.60. The fraction of sp³-hybridized carbons (Fsp3) is 0.667. The molecule has 0 radical (unpaired) electrons. The Morgan fingerprint density at radius 2 is 1.48 bits per heavy atom. The van der Waals surface area contributed by atoms with Gasteiger partial charge in [-0.25, -0.2) is 0 Å². The molecule has 168 valence electrons. The van der Waals surface area contributed by atoms with Crippen molar-refractivity contribution in [1.29, 1.82) is 0 Å². The molecule has 0 fully saturated rings. The fourth-order valence-electron chi connectivity index (χ4n) is 2.48. The van der Waals surface area contributed by atoms with Gasteiger partial charge in [0.25, 0.3) is 0 Å².